The van der Waals surface area contributed by atoms with Crippen molar-refractivity contribution in [3.05, 3.63) is 40.9 Å². The number of carbonyl (C=O) groups is 1. The summed E-state index contributed by atoms with van der Waals surface area (Å²) in [6.07, 6.45) is 1.15. The van der Waals surface area contributed by atoms with Gasteiger partial charge in [0.2, 0.25) is 5.91 Å². The minimum atomic E-state index is -0.409. The number of nitrogens with two attached hydrogens (primary N) is 2. The van der Waals surface area contributed by atoms with E-state index in [9.17, 15) is 4.79 Å². The second-order valence-electron chi connectivity index (χ2n) is 6.56. The fourth-order valence-corrected chi connectivity index (χ4v) is 3.76. The Morgan fingerprint density at radius 2 is 2.13 bits per heavy atom. The maximum atomic E-state index is 11.1. The van der Waals surface area contributed by atoms with E-state index in [0.29, 0.717) is 5.56 Å². The van der Waals surface area contributed by atoms with Crippen LogP contribution in [0, 0.1) is 5.41 Å². The van der Waals surface area contributed by atoms with Gasteiger partial charge in [-0.1, -0.05) is 19.1 Å². The summed E-state index contributed by atoms with van der Waals surface area (Å²) in [7, 11) is 0. The molecule has 1 aromatic heterocycles. The number of likely N-dealkylation sites (tertiary alicyclic amines) is 1. The largest absolute Gasteiger partial charge is 0.366 e. The van der Waals surface area contributed by atoms with Crippen LogP contribution in [0.4, 0.5) is 0 Å². The van der Waals surface area contributed by atoms with E-state index >= 15 is 0 Å². The van der Waals surface area contributed by atoms with Crippen molar-refractivity contribution in [1.29, 1.82) is 0 Å². The molecular formula is C17H22N4OS. The van der Waals surface area contributed by atoms with Crippen LogP contribution in [0.2, 0.25) is 0 Å². The third-order valence-electron chi connectivity index (χ3n) is 4.48. The third kappa shape index (κ3) is 3.60. The van der Waals surface area contributed by atoms with Gasteiger partial charge < -0.3 is 11.5 Å². The molecule has 1 atom stereocenters. The SMILES string of the molecule is CC1(CN)CCN(Cc2csc(-c3ccc(C(N)=O)cc3)n2)C1. The van der Waals surface area contributed by atoms with Crippen molar-refractivity contribution < 1.29 is 4.79 Å². The Kier molecular flexibility index (Phi) is 4.48. The third-order valence-corrected chi connectivity index (χ3v) is 5.42. The number of carbonyl (C=O) groups excluding carboxylic acids is 1. The van der Waals surface area contributed by atoms with Gasteiger partial charge in [0.05, 0.1) is 5.69 Å². The van der Waals surface area contributed by atoms with E-state index < -0.39 is 5.91 Å². The summed E-state index contributed by atoms with van der Waals surface area (Å²) in [4.78, 5) is 18.3. The van der Waals surface area contributed by atoms with Gasteiger partial charge in [-0.05, 0) is 37.1 Å². The van der Waals surface area contributed by atoms with Crippen LogP contribution >= 0.6 is 11.3 Å². The van der Waals surface area contributed by atoms with E-state index in [4.69, 9.17) is 16.5 Å². The molecule has 1 saturated heterocycles. The van der Waals surface area contributed by atoms with Crippen LogP contribution in [-0.2, 0) is 6.54 Å². The molecule has 5 nitrogen and oxygen atoms in total. The molecule has 1 fully saturated rings. The van der Waals surface area contributed by atoms with Crippen molar-refractivity contribution in [2.24, 2.45) is 16.9 Å². The number of hydrogen-bond donors (Lipinski definition) is 2. The van der Waals surface area contributed by atoms with Crippen LogP contribution in [0.5, 0.6) is 0 Å². The highest BCUT2D eigenvalue weighted by Gasteiger charge is 2.32. The molecule has 1 aliphatic heterocycles. The van der Waals surface area contributed by atoms with Gasteiger partial charge in [0.15, 0.2) is 0 Å². The average molecular weight is 330 g/mol. The first-order valence-corrected chi connectivity index (χ1v) is 8.64. The summed E-state index contributed by atoms with van der Waals surface area (Å²) in [5, 5.41) is 3.08. The minimum absolute atomic E-state index is 0.240. The van der Waals surface area contributed by atoms with Crippen molar-refractivity contribution >= 4 is 17.2 Å². The number of rotatable bonds is 5. The lowest BCUT2D eigenvalue weighted by Crippen LogP contribution is -2.31. The molecule has 4 N–H and O–H groups in total. The molecule has 2 heterocycles. The van der Waals surface area contributed by atoms with Crippen LogP contribution in [0.3, 0.4) is 0 Å². The molecule has 0 spiro atoms. The summed E-state index contributed by atoms with van der Waals surface area (Å²) in [6.45, 7) is 5.96. The number of hydrogen-bond acceptors (Lipinski definition) is 5. The predicted octanol–water partition coefficient (Wildman–Crippen LogP) is 2.08. The highest BCUT2D eigenvalue weighted by atomic mass is 32.1. The van der Waals surface area contributed by atoms with Gasteiger partial charge in [0.25, 0.3) is 0 Å². The molecule has 0 radical (unpaired) electrons. The Labute approximate surface area is 140 Å². The molecule has 2 aromatic rings. The van der Waals surface area contributed by atoms with Crippen LogP contribution in [0.15, 0.2) is 29.6 Å². The predicted molar refractivity (Wildman–Crippen MR) is 93.1 cm³/mol. The Hall–Kier alpha value is -1.76. The Balaban J connectivity index is 1.67. The van der Waals surface area contributed by atoms with E-state index in [0.717, 1.165) is 48.9 Å². The summed E-state index contributed by atoms with van der Waals surface area (Å²) in [6, 6.07) is 7.27. The minimum Gasteiger partial charge on any atom is -0.366 e. The Bertz CT molecular complexity index is 697. The van der Waals surface area contributed by atoms with Gasteiger partial charge in [-0.15, -0.1) is 11.3 Å². The zero-order valence-corrected chi connectivity index (χ0v) is 14.1. The van der Waals surface area contributed by atoms with Gasteiger partial charge in [0, 0.05) is 29.6 Å². The van der Waals surface area contributed by atoms with E-state index in [1.54, 1.807) is 23.5 Å². The van der Waals surface area contributed by atoms with E-state index in [2.05, 4.69) is 17.2 Å². The first-order chi connectivity index (χ1) is 11.0. The number of thiazole rings is 1. The van der Waals surface area contributed by atoms with E-state index in [1.807, 2.05) is 12.1 Å². The molecule has 6 heteroatoms. The van der Waals surface area contributed by atoms with Crippen molar-refractivity contribution in [2.45, 2.75) is 19.9 Å². The second kappa shape index (κ2) is 6.39. The summed E-state index contributed by atoms with van der Waals surface area (Å²) in [5.41, 5.74) is 14.0. The molecule has 3 rings (SSSR count). The smallest absolute Gasteiger partial charge is 0.248 e. The quantitative estimate of drug-likeness (QED) is 0.879. The van der Waals surface area contributed by atoms with Crippen molar-refractivity contribution in [3.8, 4) is 10.6 Å². The number of amides is 1. The van der Waals surface area contributed by atoms with Crippen molar-refractivity contribution in [3.63, 3.8) is 0 Å². The standard InChI is InChI=1S/C17H22N4OS/c1-17(10-18)6-7-21(11-17)8-14-9-23-16(20-14)13-4-2-12(3-5-13)15(19)22/h2-5,9H,6-8,10-11,18H2,1H3,(H2,19,22). The molecule has 0 saturated carbocycles. The Morgan fingerprint density at radius 3 is 2.74 bits per heavy atom. The highest BCUT2D eigenvalue weighted by molar-refractivity contribution is 7.13. The Morgan fingerprint density at radius 1 is 1.39 bits per heavy atom. The topological polar surface area (TPSA) is 85.2 Å². The number of nitrogens with zero attached hydrogens (tertiary/aromatic N) is 2. The van der Waals surface area contributed by atoms with Crippen LogP contribution in [-0.4, -0.2) is 35.4 Å². The maximum Gasteiger partial charge on any atom is 0.248 e. The average Bonchev–Trinajstić information content (AvgIpc) is 3.15. The van der Waals surface area contributed by atoms with Crippen molar-refractivity contribution in [2.75, 3.05) is 19.6 Å². The fourth-order valence-electron chi connectivity index (χ4n) is 2.95. The second-order valence-corrected chi connectivity index (χ2v) is 7.42. The molecule has 1 unspecified atom stereocenters. The lowest BCUT2D eigenvalue weighted by atomic mass is 9.90. The lowest BCUT2D eigenvalue weighted by molar-refractivity contribution is 0.100. The maximum absolute atomic E-state index is 11.1. The molecule has 23 heavy (non-hydrogen) atoms. The highest BCUT2D eigenvalue weighted by Crippen LogP contribution is 2.30. The van der Waals surface area contributed by atoms with Gasteiger partial charge >= 0.3 is 0 Å². The van der Waals surface area contributed by atoms with Crippen LogP contribution in [0.1, 0.15) is 29.4 Å². The monoisotopic (exact) mass is 330 g/mol. The first-order valence-electron chi connectivity index (χ1n) is 7.76. The first kappa shape index (κ1) is 16.1. The lowest BCUT2D eigenvalue weighted by Gasteiger charge is -2.22. The van der Waals surface area contributed by atoms with Gasteiger partial charge in [-0.25, -0.2) is 4.98 Å². The molecule has 0 bridgehead atoms. The zero-order valence-electron chi connectivity index (χ0n) is 13.3. The molecule has 122 valence electrons. The number of benzene rings is 1. The molecule has 1 amide bonds. The number of aromatic nitrogens is 1. The molecule has 0 aliphatic carbocycles. The summed E-state index contributed by atoms with van der Waals surface area (Å²) in [5.74, 6) is -0.409. The van der Waals surface area contributed by atoms with E-state index in [1.165, 1.54) is 0 Å². The van der Waals surface area contributed by atoms with Crippen molar-refractivity contribution in [1.82, 2.24) is 9.88 Å². The van der Waals surface area contributed by atoms with Crippen LogP contribution < -0.4 is 11.5 Å². The summed E-state index contributed by atoms with van der Waals surface area (Å²) < 4.78 is 0. The van der Waals surface area contributed by atoms with Gasteiger partial charge in [-0.2, -0.15) is 0 Å². The summed E-state index contributed by atoms with van der Waals surface area (Å²) >= 11 is 1.63. The fraction of sp³-hybridized carbons (Fsp3) is 0.412. The van der Waals surface area contributed by atoms with Gasteiger partial charge in [-0.3, -0.25) is 9.69 Å². The van der Waals surface area contributed by atoms with Crippen LogP contribution in [0.25, 0.3) is 10.6 Å². The van der Waals surface area contributed by atoms with Gasteiger partial charge in [0.1, 0.15) is 5.01 Å². The van der Waals surface area contributed by atoms with E-state index in [-0.39, 0.29) is 5.41 Å². The number of primary amides is 1. The molecule has 1 aliphatic rings. The zero-order chi connectivity index (χ0) is 16.4. The normalized spacial score (nSPS) is 21.7. The molecule has 1 aromatic carbocycles. The molecular weight excluding hydrogens is 308 g/mol.